The number of para-hydroxylation sites is 1. The lowest BCUT2D eigenvalue weighted by Crippen LogP contribution is -2.40. The molecule has 0 saturated carbocycles. The van der Waals surface area contributed by atoms with Gasteiger partial charge in [-0.25, -0.2) is 9.59 Å². The van der Waals surface area contributed by atoms with Crippen molar-refractivity contribution in [3.8, 4) is 17.2 Å². The summed E-state index contributed by atoms with van der Waals surface area (Å²) in [5.41, 5.74) is -0.430. The predicted molar refractivity (Wildman–Crippen MR) is 124 cm³/mol. The van der Waals surface area contributed by atoms with Crippen molar-refractivity contribution in [1.82, 2.24) is 0 Å². The lowest BCUT2D eigenvalue weighted by Gasteiger charge is -2.25. The Hall–Kier alpha value is -3.00. The smallest absolute Gasteiger partial charge is 0.349 e. The van der Waals surface area contributed by atoms with Crippen molar-refractivity contribution >= 4 is 33.9 Å². The number of carbonyl (C=O) groups is 2. The van der Waals surface area contributed by atoms with E-state index in [1.54, 1.807) is 38.1 Å². The van der Waals surface area contributed by atoms with E-state index in [4.69, 9.17) is 24.1 Å². The third-order valence-electron chi connectivity index (χ3n) is 4.33. The van der Waals surface area contributed by atoms with Crippen LogP contribution < -0.4 is 14.2 Å². The van der Waals surface area contributed by atoms with E-state index in [-0.39, 0.29) is 6.61 Å². The Morgan fingerprint density at radius 3 is 2.44 bits per heavy atom. The monoisotopic (exact) mass is 506 g/mol. The number of unbranched alkanes of at least 4 members (excludes halogenated alkanes) is 1. The van der Waals surface area contributed by atoms with Gasteiger partial charge in [-0.1, -0.05) is 18.2 Å². The predicted octanol–water partition coefficient (Wildman–Crippen LogP) is 5.12. The summed E-state index contributed by atoms with van der Waals surface area (Å²) in [5, 5.41) is 8.72. The van der Waals surface area contributed by atoms with E-state index in [0.29, 0.717) is 42.3 Å². The minimum atomic E-state index is -1.12. The molecule has 0 unspecified atom stereocenters. The fraction of sp³-hybridized carbons (Fsp3) is 0.333. The van der Waals surface area contributed by atoms with Crippen molar-refractivity contribution in [2.45, 2.75) is 32.3 Å². The molecule has 0 aliphatic heterocycles. The number of rotatable bonds is 12. The number of carboxylic acids is 1. The highest BCUT2D eigenvalue weighted by Gasteiger charge is 2.32. The van der Waals surface area contributed by atoms with Gasteiger partial charge in [0.1, 0.15) is 5.75 Å². The van der Waals surface area contributed by atoms with Gasteiger partial charge in [-0.2, -0.15) is 0 Å². The van der Waals surface area contributed by atoms with E-state index in [9.17, 15) is 9.59 Å². The van der Waals surface area contributed by atoms with Crippen LogP contribution in [0.25, 0.3) is 6.08 Å². The van der Waals surface area contributed by atoms with E-state index < -0.39 is 17.5 Å². The van der Waals surface area contributed by atoms with E-state index >= 15 is 0 Å². The van der Waals surface area contributed by atoms with E-state index in [1.165, 1.54) is 13.2 Å². The zero-order valence-electron chi connectivity index (χ0n) is 18.3. The van der Waals surface area contributed by atoms with Crippen LogP contribution in [0.2, 0.25) is 0 Å². The number of aliphatic carboxylic acids is 1. The number of hydrogen-bond acceptors (Lipinski definition) is 6. The number of benzene rings is 2. The average molecular weight is 507 g/mol. The van der Waals surface area contributed by atoms with E-state index in [0.717, 1.165) is 10.5 Å². The van der Waals surface area contributed by atoms with Crippen LogP contribution in [0.3, 0.4) is 0 Å². The molecule has 2 aromatic rings. The van der Waals surface area contributed by atoms with Crippen LogP contribution >= 0.6 is 15.9 Å². The maximum Gasteiger partial charge on any atom is 0.349 e. The molecule has 0 fully saturated rings. The van der Waals surface area contributed by atoms with E-state index in [1.807, 2.05) is 18.2 Å². The third kappa shape index (κ3) is 7.92. The molecule has 1 N–H and O–H groups in total. The number of carboxylic acid groups (broad SMARTS) is 1. The van der Waals surface area contributed by atoms with Gasteiger partial charge in [-0.3, -0.25) is 0 Å². The summed E-state index contributed by atoms with van der Waals surface area (Å²) >= 11 is 3.40. The lowest BCUT2D eigenvalue weighted by molar-refractivity contribution is -0.159. The molecule has 8 heteroatoms. The van der Waals surface area contributed by atoms with Crippen molar-refractivity contribution in [3.63, 3.8) is 0 Å². The second-order valence-electron chi connectivity index (χ2n) is 7.32. The first-order valence-corrected chi connectivity index (χ1v) is 10.8. The maximum atomic E-state index is 12.4. The third-order valence-corrected chi connectivity index (χ3v) is 4.98. The summed E-state index contributed by atoms with van der Waals surface area (Å²) in [6.45, 7) is 4.00. The van der Waals surface area contributed by atoms with Crippen LogP contribution in [0.15, 0.2) is 53.0 Å². The van der Waals surface area contributed by atoms with Crippen LogP contribution in [0.1, 0.15) is 32.3 Å². The van der Waals surface area contributed by atoms with Gasteiger partial charge in [-0.05, 0) is 78.5 Å². The largest absolute Gasteiger partial charge is 0.493 e. The first-order valence-electron chi connectivity index (χ1n) is 10.1. The molecule has 0 bridgehead atoms. The van der Waals surface area contributed by atoms with Gasteiger partial charge in [0, 0.05) is 6.08 Å². The molecule has 172 valence electrons. The standard InChI is InChI=1S/C24H27BrO7/c1-24(2,32-19-9-5-4-8-18(19)25)23(28)31-15-7-6-14-30-20-12-10-17(11-13-22(26)27)16-21(20)29-3/h4-5,8-13,16H,6-7,14-15H2,1-3H3,(H,26,27)/b13-11+. The quantitative estimate of drug-likeness (QED) is 0.242. The average Bonchev–Trinajstić information content (AvgIpc) is 2.76. The lowest BCUT2D eigenvalue weighted by atomic mass is 10.1. The molecule has 7 nitrogen and oxygen atoms in total. The Bertz CT molecular complexity index is 953. The fourth-order valence-corrected chi connectivity index (χ4v) is 3.01. The summed E-state index contributed by atoms with van der Waals surface area (Å²) in [7, 11) is 1.52. The normalized spacial score (nSPS) is 11.2. The molecule has 0 radical (unpaired) electrons. The van der Waals surface area contributed by atoms with Gasteiger partial charge in [0.25, 0.3) is 0 Å². The molecule has 0 atom stereocenters. The first kappa shape index (κ1) is 25.3. The van der Waals surface area contributed by atoms with Gasteiger partial charge in [0.15, 0.2) is 17.1 Å². The van der Waals surface area contributed by atoms with Crippen molar-refractivity contribution in [2.75, 3.05) is 20.3 Å². The SMILES string of the molecule is COc1cc(/C=C/C(=O)O)ccc1OCCCCOC(=O)C(C)(C)Oc1ccccc1Br. The highest BCUT2D eigenvalue weighted by Crippen LogP contribution is 2.29. The molecular formula is C24H27BrO7. The second-order valence-corrected chi connectivity index (χ2v) is 8.17. The topological polar surface area (TPSA) is 91.3 Å². The van der Waals surface area contributed by atoms with Gasteiger partial charge < -0.3 is 24.1 Å². The molecule has 0 aliphatic rings. The zero-order chi connectivity index (χ0) is 23.6. The second kappa shape index (κ2) is 12.1. The molecule has 0 amide bonds. The van der Waals surface area contributed by atoms with Crippen LogP contribution in [-0.2, 0) is 14.3 Å². The minimum absolute atomic E-state index is 0.251. The Kier molecular flexibility index (Phi) is 9.59. The molecule has 0 saturated heterocycles. The Labute approximate surface area is 196 Å². The summed E-state index contributed by atoms with van der Waals surface area (Å²) in [5.74, 6) is 0.171. The molecule has 0 heterocycles. The molecule has 2 aromatic carbocycles. The highest BCUT2D eigenvalue weighted by molar-refractivity contribution is 9.10. The summed E-state index contributed by atoms with van der Waals surface area (Å²) < 4.78 is 23.0. The van der Waals surface area contributed by atoms with Gasteiger partial charge >= 0.3 is 11.9 Å². The van der Waals surface area contributed by atoms with Crippen molar-refractivity contribution in [1.29, 1.82) is 0 Å². The number of esters is 1. The first-order chi connectivity index (χ1) is 15.2. The summed E-state index contributed by atoms with van der Waals surface area (Å²) in [6, 6.07) is 12.5. The van der Waals surface area contributed by atoms with Crippen LogP contribution in [-0.4, -0.2) is 43.0 Å². The van der Waals surface area contributed by atoms with E-state index in [2.05, 4.69) is 15.9 Å². The Balaban J connectivity index is 1.75. The minimum Gasteiger partial charge on any atom is -0.493 e. The highest BCUT2D eigenvalue weighted by atomic mass is 79.9. The summed E-state index contributed by atoms with van der Waals surface area (Å²) in [6.07, 6.45) is 3.83. The number of hydrogen-bond donors (Lipinski definition) is 1. The van der Waals surface area contributed by atoms with Gasteiger partial charge in [0.2, 0.25) is 0 Å². The molecule has 0 spiro atoms. The van der Waals surface area contributed by atoms with Gasteiger partial charge in [-0.15, -0.1) is 0 Å². The Morgan fingerprint density at radius 1 is 1.03 bits per heavy atom. The Morgan fingerprint density at radius 2 is 1.75 bits per heavy atom. The molecule has 0 aromatic heterocycles. The summed E-state index contributed by atoms with van der Waals surface area (Å²) in [4.78, 5) is 23.0. The molecule has 0 aliphatic carbocycles. The molecular weight excluding hydrogens is 480 g/mol. The number of halogens is 1. The maximum absolute atomic E-state index is 12.4. The van der Waals surface area contributed by atoms with Crippen LogP contribution in [0.4, 0.5) is 0 Å². The number of ether oxygens (including phenoxy) is 4. The van der Waals surface area contributed by atoms with Crippen LogP contribution in [0, 0.1) is 0 Å². The zero-order valence-corrected chi connectivity index (χ0v) is 19.9. The van der Waals surface area contributed by atoms with Crippen molar-refractivity contribution in [2.24, 2.45) is 0 Å². The number of carbonyl (C=O) groups excluding carboxylic acids is 1. The molecule has 32 heavy (non-hydrogen) atoms. The van der Waals surface area contributed by atoms with Gasteiger partial charge in [0.05, 0.1) is 24.8 Å². The fourth-order valence-electron chi connectivity index (χ4n) is 2.64. The molecule has 2 rings (SSSR count). The van der Waals surface area contributed by atoms with Crippen molar-refractivity contribution in [3.05, 3.63) is 58.6 Å². The van der Waals surface area contributed by atoms with Crippen LogP contribution in [0.5, 0.6) is 17.2 Å². The van der Waals surface area contributed by atoms with Crippen molar-refractivity contribution < 1.29 is 33.6 Å². The number of methoxy groups -OCH3 is 1.